The van der Waals surface area contributed by atoms with Crippen LogP contribution in [-0.4, -0.2) is 30.4 Å². The van der Waals surface area contributed by atoms with Crippen LogP contribution in [0, 0.1) is 0 Å². The SMILES string of the molecule is CCN(CC)CC(=O)N1c2ccccc2CCc2ccccc21. The Morgan fingerprint density at radius 2 is 1.39 bits per heavy atom. The highest BCUT2D eigenvalue weighted by Gasteiger charge is 2.26. The van der Waals surface area contributed by atoms with Crippen molar-refractivity contribution in [2.75, 3.05) is 24.5 Å². The highest BCUT2D eigenvalue weighted by atomic mass is 16.2. The van der Waals surface area contributed by atoms with Crippen LogP contribution in [-0.2, 0) is 17.6 Å². The van der Waals surface area contributed by atoms with E-state index in [0.717, 1.165) is 37.3 Å². The van der Waals surface area contributed by atoms with Gasteiger partial charge in [-0.25, -0.2) is 0 Å². The smallest absolute Gasteiger partial charge is 0.245 e. The van der Waals surface area contributed by atoms with Crippen LogP contribution < -0.4 is 4.90 Å². The lowest BCUT2D eigenvalue weighted by Crippen LogP contribution is -2.38. The summed E-state index contributed by atoms with van der Waals surface area (Å²) in [6.07, 6.45) is 1.95. The summed E-state index contributed by atoms with van der Waals surface area (Å²) < 4.78 is 0. The van der Waals surface area contributed by atoms with Crippen molar-refractivity contribution in [3.8, 4) is 0 Å². The van der Waals surface area contributed by atoms with E-state index in [1.54, 1.807) is 0 Å². The van der Waals surface area contributed by atoms with Crippen LogP contribution in [0.4, 0.5) is 11.4 Å². The van der Waals surface area contributed by atoms with Crippen molar-refractivity contribution in [2.24, 2.45) is 0 Å². The van der Waals surface area contributed by atoms with Crippen LogP contribution in [0.5, 0.6) is 0 Å². The lowest BCUT2D eigenvalue weighted by Gasteiger charge is -2.27. The zero-order valence-corrected chi connectivity index (χ0v) is 14.0. The second-order valence-corrected chi connectivity index (χ2v) is 5.95. The number of fused-ring (bicyclic) bond motifs is 2. The molecule has 2 aromatic rings. The average Bonchev–Trinajstić information content (AvgIpc) is 2.76. The predicted molar refractivity (Wildman–Crippen MR) is 95.2 cm³/mol. The van der Waals surface area contributed by atoms with Crippen LogP contribution in [0.3, 0.4) is 0 Å². The molecule has 3 rings (SSSR count). The van der Waals surface area contributed by atoms with Gasteiger partial charge in [-0.3, -0.25) is 14.6 Å². The molecule has 0 saturated heterocycles. The largest absolute Gasteiger partial charge is 0.295 e. The third-order valence-corrected chi connectivity index (χ3v) is 4.63. The fraction of sp³-hybridized carbons (Fsp3) is 0.350. The van der Waals surface area contributed by atoms with Crippen molar-refractivity contribution >= 4 is 17.3 Å². The zero-order chi connectivity index (χ0) is 16.2. The number of rotatable bonds is 4. The first-order chi connectivity index (χ1) is 11.2. The Hall–Kier alpha value is -2.13. The number of hydrogen-bond donors (Lipinski definition) is 0. The number of anilines is 2. The molecule has 0 bridgehead atoms. The molecule has 0 spiro atoms. The molecule has 0 saturated carbocycles. The minimum atomic E-state index is 0.149. The van der Waals surface area contributed by atoms with Gasteiger partial charge >= 0.3 is 0 Å². The fourth-order valence-electron chi connectivity index (χ4n) is 3.26. The van der Waals surface area contributed by atoms with E-state index < -0.39 is 0 Å². The number of amides is 1. The maximum Gasteiger partial charge on any atom is 0.245 e. The first kappa shape index (κ1) is 15.8. The molecule has 0 unspecified atom stereocenters. The van der Waals surface area contributed by atoms with Crippen molar-refractivity contribution in [3.05, 3.63) is 59.7 Å². The average molecular weight is 308 g/mol. The zero-order valence-electron chi connectivity index (χ0n) is 14.0. The summed E-state index contributed by atoms with van der Waals surface area (Å²) in [4.78, 5) is 17.2. The van der Waals surface area contributed by atoms with Gasteiger partial charge in [-0.05, 0) is 49.2 Å². The van der Waals surface area contributed by atoms with Crippen molar-refractivity contribution in [2.45, 2.75) is 26.7 Å². The quantitative estimate of drug-likeness (QED) is 0.858. The van der Waals surface area contributed by atoms with Crippen molar-refractivity contribution in [1.82, 2.24) is 4.90 Å². The maximum atomic E-state index is 13.1. The van der Waals surface area contributed by atoms with Crippen LogP contribution in [0.1, 0.15) is 25.0 Å². The first-order valence-corrected chi connectivity index (χ1v) is 8.45. The van der Waals surface area contributed by atoms with E-state index >= 15 is 0 Å². The Labute approximate surface area is 138 Å². The van der Waals surface area contributed by atoms with Gasteiger partial charge in [0.15, 0.2) is 0 Å². The molecule has 0 aliphatic carbocycles. The van der Waals surface area contributed by atoms with Gasteiger partial charge in [0.2, 0.25) is 5.91 Å². The third-order valence-electron chi connectivity index (χ3n) is 4.63. The maximum absolute atomic E-state index is 13.1. The van der Waals surface area contributed by atoms with Crippen molar-refractivity contribution < 1.29 is 4.79 Å². The third kappa shape index (κ3) is 3.15. The molecule has 1 amide bonds. The van der Waals surface area contributed by atoms with Gasteiger partial charge in [0.1, 0.15) is 0 Å². The number of nitrogens with zero attached hydrogens (tertiary/aromatic N) is 2. The van der Waals surface area contributed by atoms with Gasteiger partial charge in [-0.1, -0.05) is 50.2 Å². The Morgan fingerprint density at radius 3 is 1.87 bits per heavy atom. The molecule has 0 fully saturated rings. The van der Waals surface area contributed by atoms with Gasteiger partial charge in [0, 0.05) is 0 Å². The van der Waals surface area contributed by atoms with E-state index in [9.17, 15) is 4.79 Å². The number of hydrogen-bond acceptors (Lipinski definition) is 2. The molecule has 1 heterocycles. The summed E-state index contributed by atoms with van der Waals surface area (Å²) in [6, 6.07) is 16.6. The second-order valence-electron chi connectivity index (χ2n) is 5.95. The molecule has 3 heteroatoms. The minimum absolute atomic E-state index is 0.149. The standard InChI is InChI=1S/C20H24N2O/c1-3-21(4-2)15-20(23)22-18-11-7-5-9-16(18)13-14-17-10-6-8-12-19(17)22/h5-12H,3-4,13-15H2,1-2H3. The predicted octanol–water partition coefficient (Wildman–Crippen LogP) is 3.79. The molecule has 0 N–H and O–H groups in total. The first-order valence-electron chi connectivity index (χ1n) is 8.45. The highest BCUT2D eigenvalue weighted by molar-refractivity contribution is 6.03. The lowest BCUT2D eigenvalue weighted by atomic mass is 10.0. The van der Waals surface area contributed by atoms with Gasteiger partial charge in [-0.2, -0.15) is 0 Å². The van der Waals surface area contributed by atoms with Crippen LogP contribution in [0.25, 0.3) is 0 Å². The molecule has 2 aromatic carbocycles. The number of carbonyl (C=O) groups excluding carboxylic acids is 1. The topological polar surface area (TPSA) is 23.6 Å². The van der Waals surface area contributed by atoms with Crippen LogP contribution >= 0.6 is 0 Å². The molecule has 0 atom stereocenters. The van der Waals surface area contributed by atoms with Gasteiger partial charge < -0.3 is 0 Å². The molecule has 0 aromatic heterocycles. The number of likely N-dealkylation sites (N-methyl/N-ethyl adjacent to an activating group) is 1. The summed E-state index contributed by atoms with van der Waals surface area (Å²) in [5.74, 6) is 0.149. The molecular weight excluding hydrogens is 284 g/mol. The van der Waals surface area contributed by atoms with E-state index in [1.807, 2.05) is 17.0 Å². The minimum Gasteiger partial charge on any atom is -0.295 e. The molecule has 1 aliphatic heterocycles. The van der Waals surface area contributed by atoms with Crippen LogP contribution in [0.2, 0.25) is 0 Å². The van der Waals surface area contributed by atoms with Gasteiger partial charge in [-0.15, -0.1) is 0 Å². The molecule has 3 nitrogen and oxygen atoms in total. The van der Waals surface area contributed by atoms with E-state index in [2.05, 4.69) is 55.1 Å². The number of aryl methyl sites for hydroxylation is 2. The van der Waals surface area contributed by atoms with E-state index in [1.165, 1.54) is 11.1 Å². The lowest BCUT2D eigenvalue weighted by molar-refractivity contribution is -0.119. The molecular formula is C20H24N2O. The second kappa shape index (κ2) is 6.97. The monoisotopic (exact) mass is 308 g/mol. The van der Waals surface area contributed by atoms with E-state index in [4.69, 9.17) is 0 Å². The van der Waals surface area contributed by atoms with Crippen LogP contribution in [0.15, 0.2) is 48.5 Å². The molecule has 23 heavy (non-hydrogen) atoms. The highest BCUT2D eigenvalue weighted by Crippen LogP contribution is 2.35. The number of para-hydroxylation sites is 2. The Balaban J connectivity index is 2.05. The molecule has 0 radical (unpaired) electrons. The summed E-state index contributed by atoms with van der Waals surface area (Å²) in [6.45, 7) is 6.43. The van der Waals surface area contributed by atoms with Crippen molar-refractivity contribution in [3.63, 3.8) is 0 Å². The molecule has 1 aliphatic rings. The number of carbonyl (C=O) groups is 1. The fourth-order valence-corrected chi connectivity index (χ4v) is 3.26. The number of benzene rings is 2. The van der Waals surface area contributed by atoms with E-state index in [-0.39, 0.29) is 5.91 Å². The normalized spacial score (nSPS) is 13.4. The Bertz CT molecular complexity index is 644. The summed E-state index contributed by atoms with van der Waals surface area (Å²) >= 11 is 0. The summed E-state index contributed by atoms with van der Waals surface area (Å²) in [5, 5.41) is 0. The Morgan fingerprint density at radius 1 is 0.913 bits per heavy atom. The van der Waals surface area contributed by atoms with E-state index in [0.29, 0.717) is 6.54 Å². The van der Waals surface area contributed by atoms with Gasteiger partial charge in [0.05, 0.1) is 17.9 Å². The summed E-state index contributed by atoms with van der Waals surface area (Å²) in [5.41, 5.74) is 4.57. The van der Waals surface area contributed by atoms with Crippen molar-refractivity contribution in [1.29, 1.82) is 0 Å². The Kier molecular flexibility index (Phi) is 4.77. The summed E-state index contributed by atoms with van der Waals surface area (Å²) in [7, 11) is 0. The molecule has 120 valence electrons. The van der Waals surface area contributed by atoms with Gasteiger partial charge in [0.25, 0.3) is 0 Å².